The number of ether oxygens (including phenoxy) is 1. The van der Waals surface area contributed by atoms with Crippen LogP contribution < -0.4 is 0 Å². The summed E-state index contributed by atoms with van der Waals surface area (Å²) in [7, 11) is 0. The molecule has 25 heavy (non-hydrogen) atoms. The molecule has 1 aliphatic heterocycles. The Balaban J connectivity index is 2.05. The number of nitrogens with zero attached hydrogens (tertiary/aromatic N) is 1. The monoisotopic (exact) mass is 343 g/mol. The number of aromatic hydroxyl groups is 2. The van der Waals surface area contributed by atoms with E-state index in [9.17, 15) is 10.2 Å². The maximum atomic E-state index is 11.1. The second-order valence-corrected chi connectivity index (χ2v) is 7.20. The van der Waals surface area contributed by atoms with Gasteiger partial charge in [0.1, 0.15) is 18.1 Å². The standard InChI is InChI=1S/C21H29NO3/c1-3-4-5-8-16-13-17(23)18(15-9-6-7-14(2)12-15)20(24)19(16)21-22-10-11-25-21/h12-13,15,23-24H,3-11H2,1-2H3. The zero-order chi connectivity index (χ0) is 17.8. The lowest BCUT2D eigenvalue weighted by Gasteiger charge is -2.24. The second-order valence-electron chi connectivity index (χ2n) is 7.20. The van der Waals surface area contributed by atoms with E-state index in [1.165, 1.54) is 5.57 Å². The molecule has 1 aliphatic carbocycles. The van der Waals surface area contributed by atoms with Crippen molar-refractivity contribution in [3.63, 3.8) is 0 Å². The molecule has 1 atom stereocenters. The number of allylic oxidation sites excluding steroid dienone is 2. The summed E-state index contributed by atoms with van der Waals surface area (Å²) in [5.41, 5.74) is 3.58. The number of phenols is 2. The summed E-state index contributed by atoms with van der Waals surface area (Å²) in [6.07, 6.45) is 9.39. The quantitative estimate of drug-likeness (QED) is 0.575. The Morgan fingerprint density at radius 2 is 2.12 bits per heavy atom. The molecule has 136 valence electrons. The first-order valence-corrected chi connectivity index (χ1v) is 9.54. The van der Waals surface area contributed by atoms with E-state index in [1.807, 2.05) is 6.07 Å². The summed E-state index contributed by atoms with van der Waals surface area (Å²) in [6.45, 7) is 5.47. The van der Waals surface area contributed by atoms with Crippen molar-refractivity contribution < 1.29 is 14.9 Å². The first kappa shape index (κ1) is 17.8. The Bertz CT molecular complexity index is 691. The number of aliphatic imine (C=N–C) groups is 1. The predicted octanol–water partition coefficient (Wildman–Crippen LogP) is 4.82. The van der Waals surface area contributed by atoms with Gasteiger partial charge in [-0.25, -0.2) is 4.99 Å². The van der Waals surface area contributed by atoms with Crippen molar-refractivity contribution in [2.24, 2.45) is 4.99 Å². The lowest BCUT2D eigenvalue weighted by molar-refractivity contribution is 0.345. The van der Waals surface area contributed by atoms with E-state index in [1.54, 1.807) is 0 Å². The molecule has 2 N–H and O–H groups in total. The number of hydrogen-bond donors (Lipinski definition) is 2. The fraction of sp³-hybridized carbons (Fsp3) is 0.571. The van der Waals surface area contributed by atoms with Crippen LogP contribution in [0.15, 0.2) is 22.7 Å². The molecule has 0 radical (unpaired) electrons. The maximum Gasteiger partial charge on any atom is 0.220 e. The van der Waals surface area contributed by atoms with E-state index in [0.717, 1.165) is 50.5 Å². The Morgan fingerprint density at radius 3 is 2.80 bits per heavy atom. The van der Waals surface area contributed by atoms with Gasteiger partial charge in [0.05, 0.1) is 12.1 Å². The molecule has 0 bridgehead atoms. The van der Waals surface area contributed by atoms with Crippen LogP contribution >= 0.6 is 0 Å². The molecule has 0 aromatic heterocycles. The number of phenolic OH excluding ortho intramolecular Hbond substituents is 2. The summed E-state index contributed by atoms with van der Waals surface area (Å²) in [4.78, 5) is 4.42. The summed E-state index contributed by atoms with van der Waals surface area (Å²) < 4.78 is 5.66. The van der Waals surface area contributed by atoms with E-state index in [0.29, 0.717) is 30.2 Å². The minimum atomic E-state index is 0.0548. The zero-order valence-electron chi connectivity index (χ0n) is 15.3. The number of aryl methyl sites for hydroxylation is 1. The van der Waals surface area contributed by atoms with Gasteiger partial charge in [0.15, 0.2) is 0 Å². The highest BCUT2D eigenvalue weighted by Gasteiger charge is 2.28. The Kier molecular flexibility index (Phi) is 5.67. The normalized spacial score (nSPS) is 20.2. The fourth-order valence-corrected chi connectivity index (χ4v) is 3.91. The van der Waals surface area contributed by atoms with Crippen LogP contribution in [0.5, 0.6) is 11.5 Å². The molecule has 0 amide bonds. The van der Waals surface area contributed by atoms with Gasteiger partial charge < -0.3 is 14.9 Å². The third-order valence-corrected chi connectivity index (χ3v) is 5.19. The van der Waals surface area contributed by atoms with Gasteiger partial charge in [-0.2, -0.15) is 0 Å². The molecule has 1 aromatic carbocycles. The van der Waals surface area contributed by atoms with Crippen LogP contribution in [-0.4, -0.2) is 29.3 Å². The molecule has 0 fully saturated rings. The number of benzene rings is 1. The number of unbranched alkanes of at least 4 members (excludes halogenated alkanes) is 2. The minimum Gasteiger partial charge on any atom is -0.507 e. The third kappa shape index (κ3) is 3.83. The van der Waals surface area contributed by atoms with Crippen LogP contribution in [0.2, 0.25) is 0 Å². The van der Waals surface area contributed by atoms with Gasteiger partial charge in [-0.3, -0.25) is 0 Å². The summed E-state index contributed by atoms with van der Waals surface area (Å²) in [5, 5.41) is 21.7. The van der Waals surface area contributed by atoms with E-state index < -0.39 is 0 Å². The zero-order valence-corrected chi connectivity index (χ0v) is 15.3. The van der Waals surface area contributed by atoms with E-state index in [2.05, 4.69) is 24.9 Å². The van der Waals surface area contributed by atoms with Crippen LogP contribution in [0.1, 0.15) is 75.0 Å². The highest BCUT2D eigenvalue weighted by Crippen LogP contribution is 2.44. The summed E-state index contributed by atoms with van der Waals surface area (Å²) in [6, 6.07) is 1.82. The van der Waals surface area contributed by atoms with Gasteiger partial charge in [-0.05, 0) is 50.7 Å². The first-order valence-electron chi connectivity index (χ1n) is 9.54. The lowest BCUT2D eigenvalue weighted by Crippen LogP contribution is -2.10. The molecule has 4 heteroatoms. The SMILES string of the molecule is CCCCCc1cc(O)c(C2C=C(C)CCC2)c(O)c1C1=NCCO1. The lowest BCUT2D eigenvalue weighted by atomic mass is 9.83. The van der Waals surface area contributed by atoms with Gasteiger partial charge in [-0.1, -0.05) is 31.4 Å². The van der Waals surface area contributed by atoms with E-state index in [-0.39, 0.29) is 17.4 Å². The average Bonchev–Trinajstić information content (AvgIpc) is 3.09. The van der Waals surface area contributed by atoms with E-state index in [4.69, 9.17) is 4.74 Å². The molecule has 0 saturated carbocycles. The number of hydrogen-bond acceptors (Lipinski definition) is 4. The largest absolute Gasteiger partial charge is 0.507 e. The molecule has 3 rings (SSSR count). The molecule has 1 unspecified atom stereocenters. The third-order valence-electron chi connectivity index (χ3n) is 5.19. The van der Waals surface area contributed by atoms with Crippen LogP contribution in [0.4, 0.5) is 0 Å². The molecule has 0 spiro atoms. The molecule has 0 saturated heterocycles. The van der Waals surface area contributed by atoms with E-state index >= 15 is 0 Å². The Morgan fingerprint density at radius 1 is 1.28 bits per heavy atom. The van der Waals surface area contributed by atoms with Crippen molar-refractivity contribution in [3.05, 3.63) is 34.4 Å². The van der Waals surface area contributed by atoms with Gasteiger partial charge in [0.2, 0.25) is 5.90 Å². The summed E-state index contributed by atoms with van der Waals surface area (Å²) in [5.74, 6) is 0.936. The first-order chi connectivity index (χ1) is 12.1. The van der Waals surface area contributed by atoms with Crippen molar-refractivity contribution in [3.8, 4) is 11.5 Å². The topological polar surface area (TPSA) is 62.0 Å². The smallest absolute Gasteiger partial charge is 0.220 e. The van der Waals surface area contributed by atoms with Gasteiger partial charge in [0.25, 0.3) is 0 Å². The van der Waals surface area contributed by atoms with Gasteiger partial charge in [0, 0.05) is 11.5 Å². The van der Waals surface area contributed by atoms with Crippen LogP contribution in [-0.2, 0) is 11.2 Å². The van der Waals surface area contributed by atoms with Crippen molar-refractivity contribution in [1.82, 2.24) is 0 Å². The molecule has 4 nitrogen and oxygen atoms in total. The molecular weight excluding hydrogens is 314 g/mol. The predicted molar refractivity (Wildman–Crippen MR) is 101 cm³/mol. The average molecular weight is 343 g/mol. The van der Waals surface area contributed by atoms with Crippen molar-refractivity contribution >= 4 is 5.90 Å². The van der Waals surface area contributed by atoms with Crippen molar-refractivity contribution in [1.29, 1.82) is 0 Å². The Hall–Kier alpha value is -1.97. The second kappa shape index (κ2) is 7.94. The molecular formula is C21H29NO3. The Labute approximate surface area is 150 Å². The van der Waals surface area contributed by atoms with Gasteiger partial charge in [-0.15, -0.1) is 0 Å². The van der Waals surface area contributed by atoms with Crippen LogP contribution in [0, 0.1) is 0 Å². The molecule has 1 heterocycles. The van der Waals surface area contributed by atoms with Crippen molar-refractivity contribution in [2.75, 3.05) is 13.2 Å². The van der Waals surface area contributed by atoms with Gasteiger partial charge >= 0.3 is 0 Å². The van der Waals surface area contributed by atoms with Crippen molar-refractivity contribution in [2.45, 2.75) is 64.7 Å². The van der Waals surface area contributed by atoms with Crippen LogP contribution in [0.3, 0.4) is 0 Å². The highest BCUT2D eigenvalue weighted by molar-refractivity contribution is 6.00. The highest BCUT2D eigenvalue weighted by atomic mass is 16.5. The number of rotatable bonds is 6. The molecule has 1 aromatic rings. The van der Waals surface area contributed by atoms with Crippen LogP contribution in [0.25, 0.3) is 0 Å². The molecule has 2 aliphatic rings. The maximum absolute atomic E-state index is 11.1. The summed E-state index contributed by atoms with van der Waals surface area (Å²) >= 11 is 0. The minimum absolute atomic E-state index is 0.0548. The fourth-order valence-electron chi connectivity index (χ4n) is 3.91.